The van der Waals surface area contributed by atoms with E-state index in [9.17, 15) is 4.39 Å². The Hall–Kier alpha value is -3.66. The Balaban J connectivity index is 1.86. The molecule has 3 aromatic rings. The van der Waals surface area contributed by atoms with Crippen LogP contribution >= 0.6 is 0 Å². The van der Waals surface area contributed by atoms with Crippen molar-refractivity contribution in [3.63, 3.8) is 0 Å². The van der Waals surface area contributed by atoms with Gasteiger partial charge in [-0.2, -0.15) is 5.10 Å². The second kappa shape index (κ2) is 9.02. The summed E-state index contributed by atoms with van der Waals surface area (Å²) in [5.74, 6) is 0.291. The molecule has 0 saturated carbocycles. The molecule has 0 unspecified atom stereocenters. The maximum Gasteiger partial charge on any atom is 0.256 e. The van der Waals surface area contributed by atoms with Gasteiger partial charge in [0.05, 0.1) is 12.8 Å². The topological polar surface area (TPSA) is 120 Å². The number of ether oxygens (including phenoxy) is 2. The summed E-state index contributed by atoms with van der Waals surface area (Å²) in [6, 6.07) is 7.89. The fraction of sp³-hybridized carbons (Fsp3) is 0.211. The molecule has 0 bridgehead atoms. The van der Waals surface area contributed by atoms with E-state index in [0.29, 0.717) is 17.1 Å². The third-order valence-electron chi connectivity index (χ3n) is 3.83. The number of nitrogens with zero attached hydrogens (tertiary/aromatic N) is 4. The van der Waals surface area contributed by atoms with Gasteiger partial charge in [0, 0.05) is 43.7 Å². The minimum Gasteiger partial charge on any atom is -0.489 e. The highest BCUT2D eigenvalue weighted by molar-refractivity contribution is 6.03. The summed E-state index contributed by atoms with van der Waals surface area (Å²) in [5, 5.41) is 16.0. The molecule has 1 aromatic carbocycles. The largest absolute Gasteiger partial charge is 0.489 e. The first kappa shape index (κ1) is 20.1. The predicted octanol–water partition coefficient (Wildman–Crippen LogP) is 2.20. The molecule has 0 fully saturated rings. The molecule has 0 amide bonds. The third kappa shape index (κ3) is 4.99. The summed E-state index contributed by atoms with van der Waals surface area (Å²) in [5.41, 5.74) is 7.44. The Kier molecular flexibility index (Phi) is 6.25. The second-order valence-electron chi connectivity index (χ2n) is 5.93. The highest BCUT2D eigenvalue weighted by Gasteiger charge is 2.13. The van der Waals surface area contributed by atoms with Crippen molar-refractivity contribution in [2.24, 2.45) is 17.8 Å². The van der Waals surface area contributed by atoms with Crippen LogP contribution in [0, 0.1) is 5.82 Å². The lowest BCUT2D eigenvalue weighted by molar-refractivity contribution is 0.200. The number of pyridine rings is 1. The van der Waals surface area contributed by atoms with E-state index in [1.54, 1.807) is 49.2 Å². The van der Waals surface area contributed by atoms with Crippen molar-refractivity contribution in [3.8, 4) is 17.4 Å². The number of amidine groups is 1. The molecule has 2 aromatic heterocycles. The van der Waals surface area contributed by atoms with Crippen LogP contribution in [-0.2, 0) is 7.05 Å². The molecule has 0 aliphatic rings. The van der Waals surface area contributed by atoms with Crippen LogP contribution in [0.2, 0.25) is 0 Å². The van der Waals surface area contributed by atoms with Crippen molar-refractivity contribution in [1.29, 1.82) is 0 Å². The normalized spacial score (nSPS) is 11.4. The fourth-order valence-corrected chi connectivity index (χ4v) is 2.50. The van der Waals surface area contributed by atoms with Crippen molar-refractivity contribution < 1.29 is 19.0 Å². The van der Waals surface area contributed by atoms with Crippen LogP contribution < -0.4 is 20.5 Å². The van der Waals surface area contributed by atoms with Gasteiger partial charge in [-0.05, 0) is 18.2 Å². The van der Waals surface area contributed by atoms with E-state index in [2.05, 4.69) is 20.4 Å². The lowest BCUT2D eigenvalue weighted by Gasteiger charge is -2.12. The number of benzene rings is 1. The number of aromatic nitrogens is 3. The summed E-state index contributed by atoms with van der Waals surface area (Å²) in [6.45, 7) is -0.132. The first-order chi connectivity index (χ1) is 14.0. The molecule has 10 heteroatoms. The van der Waals surface area contributed by atoms with Gasteiger partial charge in [-0.1, -0.05) is 0 Å². The molecule has 29 heavy (non-hydrogen) atoms. The van der Waals surface area contributed by atoms with Crippen LogP contribution in [0.1, 0.15) is 5.56 Å². The number of hydrogen-bond donors (Lipinski definition) is 3. The Labute approximate surface area is 166 Å². The van der Waals surface area contributed by atoms with Gasteiger partial charge in [0.25, 0.3) is 5.88 Å². The molecule has 0 aliphatic carbocycles. The van der Waals surface area contributed by atoms with Gasteiger partial charge in [0.15, 0.2) is 11.6 Å². The summed E-state index contributed by atoms with van der Waals surface area (Å²) < 4.78 is 26.6. The minimum absolute atomic E-state index is 0.0467. The predicted molar refractivity (Wildman–Crippen MR) is 106 cm³/mol. The molecule has 3 rings (SSSR count). The van der Waals surface area contributed by atoms with E-state index >= 15 is 0 Å². The number of hydrogen-bond acceptors (Lipinski definition) is 7. The maximum atomic E-state index is 14.3. The number of nitrogens with two attached hydrogens (primary N) is 1. The van der Waals surface area contributed by atoms with Crippen LogP contribution in [0.4, 0.5) is 15.9 Å². The number of halogens is 1. The number of anilines is 1. The monoisotopic (exact) mass is 400 g/mol. The second-order valence-corrected chi connectivity index (χ2v) is 5.93. The molecule has 0 atom stereocenters. The molecule has 2 heterocycles. The molecule has 9 nitrogen and oxygen atoms in total. The standard InChI is InChI=1S/C19H21FN6O3/c1-22-16-4-3-12(9-14(16)18(21)24-17-5-6-26(2)25-17)29-19-15(20)10-13(11-23-19)28-8-7-27/h3-6,9-11,22,27H,7-8H2,1-2H3,(H2,21,24,25). The third-order valence-corrected chi connectivity index (χ3v) is 3.83. The van der Waals surface area contributed by atoms with Crippen LogP contribution in [0.5, 0.6) is 17.4 Å². The lowest BCUT2D eigenvalue weighted by atomic mass is 10.1. The molecule has 4 N–H and O–H groups in total. The van der Waals surface area contributed by atoms with Crippen LogP contribution in [0.15, 0.2) is 47.7 Å². The van der Waals surface area contributed by atoms with E-state index in [-0.39, 0.29) is 30.7 Å². The van der Waals surface area contributed by atoms with E-state index in [4.69, 9.17) is 20.3 Å². The zero-order valence-corrected chi connectivity index (χ0v) is 16.0. The average molecular weight is 400 g/mol. The zero-order valence-electron chi connectivity index (χ0n) is 16.0. The van der Waals surface area contributed by atoms with Gasteiger partial charge in [-0.25, -0.2) is 14.4 Å². The summed E-state index contributed by atoms with van der Waals surface area (Å²) in [6.07, 6.45) is 3.07. The molecule has 0 spiro atoms. The fourth-order valence-electron chi connectivity index (χ4n) is 2.50. The molecule has 0 radical (unpaired) electrons. The van der Waals surface area contributed by atoms with E-state index < -0.39 is 5.82 Å². The average Bonchev–Trinajstić information content (AvgIpc) is 3.12. The SMILES string of the molecule is CNc1ccc(Oc2ncc(OCCO)cc2F)cc1C(N)=Nc1ccn(C)n1. The number of rotatable bonds is 8. The molecule has 0 aliphatic heterocycles. The van der Waals surface area contributed by atoms with Crippen molar-refractivity contribution >= 4 is 17.3 Å². The van der Waals surface area contributed by atoms with Crippen molar-refractivity contribution in [1.82, 2.24) is 14.8 Å². The summed E-state index contributed by atoms with van der Waals surface area (Å²) in [4.78, 5) is 8.23. The van der Waals surface area contributed by atoms with E-state index in [0.717, 1.165) is 11.8 Å². The quantitative estimate of drug-likeness (QED) is 0.392. The van der Waals surface area contributed by atoms with Gasteiger partial charge in [-0.15, -0.1) is 0 Å². The molecular formula is C19H21FN6O3. The van der Waals surface area contributed by atoms with Crippen molar-refractivity contribution in [2.75, 3.05) is 25.6 Å². The maximum absolute atomic E-state index is 14.3. The zero-order chi connectivity index (χ0) is 20.8. The van der Waals surface area contributed by atoms with Gasteiger partial charge < -0.3 is 25.6 Å². The Bertz CT molecular complexity index is 1020. The van der Waals surface area contributed by atoms with Gasteiger partial charge >= 0.3 is 0 Å². The molecular weight excluding hydrogens is 379 g/mol. The first-order valence-corrected chi connectivity index (χ1v) is 8.73. The van der Waals surface area contributed by atoms with Crippen molar-refractivity contribution in [3.05, 3.63) is 54.1 Å². The first-order valence-electron chi connectivity index (χ1n) is 8.73. The Morgan fingerprint density at radius 2 is 2.14 bits per heavy atom. The van der Waals surface area contributed by atoms with Crippen LogP contribution in [0.3, 0.4) is 0 Å². The highest BCUT2D eigenvalue weighted by atomic mass is 19.1. The number of aliphatic hydroxyl groups excluding tert-OH is 1. The summed E-state index contributed by atoms with van der Waals surface area (Å²) >= 11 is 0. The van der Waals surface area contributed by atoms with Gasteiger partial charge in [0.1, 0.15) is 23.9 Å². The van der Waals surface area contributed by atoms with Crippen LogP contribution in [-0.4, -0.2) is 46.0 Å². The van der Waals surface area contributed by atoms with Crippen LogP contribution in [0.25, 0.3) is 0 Å². The Morgan fingerprint density at radius 3 is 2.79 bits per heavy atom. The molecule has 0 saturated heterocycles. The summed E-state index contributed by atoms with van der Waals surface area (Å²) in [7, 11) is 3.53. The van der Waals surface area contributed by atoms with Crippen molar-refractivity contribution in [2.45, 2.75) is 0 Å². The van der Waals surface area contributed by atoms with Gasteiger partial charge in [0.2, 0.25) is 0 Å². The van der Waals surface area contributed by atoms with E-state index in [1.807, 2.05) is 0 Å². The lowest BCUT2D eigenvalue weighted by Crippen LogP contribution is -2.15. The molecule has 152 valence electrons. The number of aliphatic hydroxyl groups is 1. The smallest absolute Gasteiger partial charge is 0.256 e. The van der Waals surface area contributed by atoms with Gasteiger partial charge in [-0.3, -0.25) is 4.68 Å². The number of nitrogens with one attached hydrogen (secondary N) is 1. The Morgan fingerprint density at radius 1 is 1.31 bits per heavy atom. The highest BCUT2D eigenvalue weighted by Crippen LogP contribution is 2.28. The minimum atomic E-state index is -0.699. The number of aliphatic imine (C=N–C) groups is 1. The van der Waals surface area contributed by atoms with E-state index in [1.165, 1.54) is 6.20 Å². The number of aryl methyl sites for hydroxylation is 1.